The molecule has 0 saturated heterocycles. The minimum Gasteiger partial charge on any atom is -0.481 e. The molecule has 1 atom stereocenters. The molecular formula is C17H26O2. The van der Waals surface area contributed by atoms with Gasteiger partial charge in [0.05, 0.1) is 5.41 Å². The first kappa shape index (κ1) is 15.7. The van der Waals surface area contributed by atoms with Gasteiger partial charge in [-0.2, -0.15) is 0 Å². The summed E-state index contributed by atoms with van der Waals surface area (Å²) in [5.41, 5.74) is 3.04. The van der Waals surface area contributed by atoms with Crippen molar-refractivity contribution < 1.29 is 9.90 Å². The highest BCUT2D eigenvalue weighted by molar-refractivity contribution is 5.75. The number of aliphatic carboxylic acids is 1. The van der Waals surface area contributed by atoms with Crippen molar-refractivity contribution in [3.05, 3.63) is 34.9 Å². The van der Waals surface area contributed by atoms with Gasteiger partial charge in [-0.3, -0.25) is 4.79 Å². The summed E-state index contributed by atoms with van der Waals surface area (Å²) < 4.78 is 0. The van der Waals surface area contributed by atoms with Crippen molar-refractivity contribution in [3.63, 3.8) is 0 Å². The summed E-state index contributed by atoms with van der Waals surface area (Å²) in [6.45, 7) is 10.0. The fourth-order valence-corrected chi connectivity index (χ4v) is 2.67. The SMILES string of the molecule is CCCC(c1ccc(C)c(CC)c1)C(C)(C)C(=O)O. The molecule has 1 aromatic carbocycles. The average Bonchev–Trinajstić information content (AvgIpc) is 2.36. The fourth-order valence-electron chi connectivity index (χ4n) is 2.67. The van der Waals surface area contributed by atoms with Crippen LogP contribution < -0.4 is 0 Å². The lowest BCUT2D eigenvalue weighted by Crippen LogP contribution is -2.31. The summed E-state index contributed by atoms with van der Waals surface area (Å²) >= 11 is 0. The molecule has 0 saturated carbocycles. The predicted octanol–water partition coefficient (Wildman–Crippen LogP) is 4.55. The Morgan fingerprint density at radius 1 is 1.32 bits per heavy atom. The summed E-state index contributed by atoms with van der Waals surface area (Å²) in [5, 5.41) is 9.48. The van der Waals surface area contributed by atoms with E-state index in [0.29, 0.717) is 0 Å². The van der Waals surface area contributed by atoms with Crippen LogP contribution in [-0.4, -0.2) is 11.1 Å². The van der Waals surface area contributed by atoms with Crippen molar-refractivity contribution in [1.29, 1.82) is 0 Å². The average molecular weight is 262 g/mol. The molecule has 2 nitrogen and oxygen atoms in total. The number of benzene rings is 1. The van der Waals surface area contributed by atoms with Gasteiger partial charge in [-0.1, -0.05) is 38.5 Å². The van der Waals surface area contributed by atoms with E-state index in [1.54, 1.807) is 0 Å². The molecule has 19 heavy (non-hydrogen) atoms. The van der Waals surface area contributed by atoms with Crippen LogP contribution in [-0.2, 0) is 11.2 Å². The molecule has 0 aromatic heterocycles. The third-order valence-electron chi connectivity index (χ3n) is 4.16. The highest BCUT2D eigenvalue weighted by atomic mass is 16.4. The van der Waals surface area contributed by atoms with Crippen molar-refractivity contribution >= 4 is 5.97 Å². The van der Waals surface area contributed by atoms with E-state index in [1.807, 2.05) is 13.8 Å². The van der Waals surface area contributed by atoms with E-state index in [-0.39, 0.29) is 5.92 Å². The van der Waals surface area contributed by atoms with Crippen LogP contribution >= 0.6 is 0 Å². The minimum absolute atomic E-state index is 0.0703. The lowest BCUT2D eigenvalue weighted by molar-refractivity contribution is -0.148. The zero-order chi connectivity index (χ0) is 14.6. The third-order valence-corrected chi connectivity index (χ3v) is 4.16. The van der Waals surface area contributed by atoms with Gasteiger partial charge in [0.25, 0.3) is 0 Å². The first-order valence-electron chi connectivity index (χ1n) is 7.17. The van der Waals surface area contributed by atoms with Crippen LogP contribution in [0, 0.1) is 12.3 Å². The number of rotatable bonds is 6. The predicted molar refractivity (Wildman–Crippen MR) is 79.6 cm³/mol. The van der Waals surface area contributed by atoms with E-state index >= 15 is 0 Å². The first-order valence-corrected chi connectivity index (χ1v) is 7.17. The third kappa shape index (κ3) is 3.37. The zero-order valence-electron chi connectivity index (χ0n) is 12.8. The molecule has 1 rings (SSSR count). The van der Waals surface area contributed by atoms with Gasteiger partial charge in [0, 0.05) is 0 Å². The lowest BCUT2D eigenvalue weighted by atomic mass is 9.72. The Morgan fingerprint density at radius 2 is 1.95 bits per heavy atom. The molecule has 0 heterocycles. The summed E-state index contributed by atoms with van der Waals surface area (Å²) in [4.78, 5) is 11.5. The summed E-state index contributed by atoms with van der Waals surface area (Å²) in [7, 11) is 0. The van der Waals surface area contributed by atoms with Crippen LogP contribution in [0.2, 0.25) is 0 Å². The van der Waals surface area contributed by atoms with Gasteiger partial charge in [-0.25, -0.2) is 0 Å². The number of aryl methyl sites for hydroxylation is 2. The molecule has 1 N–H and O–H groups in total. The van der Waals surface area contributed by atoms with E-state index in [1.165, 1.54) is 11.1 Å². The zero-order valence-corrected chi connectivity index (χ0v) is 12.8. The lowest BCUT2D eigenvalue weighted by Gasteiger charge is -2.31. The van der Waals surface area contributed by atoms with Gasteiger partial charge < -0.3 is 5.11 Å². The molecule has 106 valence electrons. The molecule has 0 aliphatic carbocycles. The van der Waals surface area contributed by atoms with E-state index in [0.717, 1.165) is 24.8 Å². The van der Waals surface area contributed by atoms with Crippen LogP contribution in [0.25, 0.3) is 0 Å². The largest absolute Gasteiger partial charge is 0.481 e. The number of carboxylic acids is 1. The quantitative estimate of drug-likeness (QED) is 0.816. The Hall–Kier alpha value is -1.31. The van der Waals surface area contributed by atoms with Gasteiger partial charge in [0.15, 0.2) is 0 Å². The van der Waals surface area contributed by atoms with E-state index in [2.05, 4.69) is 39.0 Å². The normalized spacial score (nSPS) is 13.3. The van der Waals surface area contributed by atoms with Crippen LogP contribution in [0.3, 0.4) is 0 Å². The minimum atomic E-state index is -0.726. The molecule has 0 amide bonds. The van der Waals surface area contributed by atoms with E-state index in [9.17, 15) is 9.90 Å². The van der Waals surface area contributed by atoms with E-state index < -0.39 is 11.4 Å². The maximum Gasteiger partial charge on any atom is 0.309 e. The second-order valence-electron chi connectivity index (χ2n) is 5.91. The molecule has 1 unspecified atom stereocenters. The molecule has 0 aliphatic rings. The fraction of sp³-hybridized carbons (Fsp3) is 0.588. The van der Waals surface area contributed by atoms with Gasteiger partial charge in [0.1, 0.15) is 0 Å². The maximum absolute atomic E-state index is 11.5. The Labute approximate surface area is 116 Å². The van der Waals surface area contributed by atoms with Gasteiger partial charge >= 0.3 is 5.97 Å². The molecule has 2 heteroatoms. The van der Waals surface area contributed by atoms with Crippen molar-refractivity contribution in [3.8, 4) is 0 Å². The standard InChI is InChI=1S/C17H26O2/c1-6-8-15(17(4,5)16(18)19)14-10-9-12(3)13(7-2)11-14/h9-11,15H,6-8H2,1-5H3,(H,18,19). The maximum atomic E-state index is 11.5. The highest BCUT2D eigenvalue weighted by Crippen LogP contribution is 2.39. The number of hydrogen-bond acceptors (Lipinski definition) is 1. The summed E-state index contributed by atoms with van der Waals surface area (Å²) in [6, 6.07) is 6.41. The van der Waals surface area contributed by atoms with Crippen LogP contribution in [0.15, 0.2) is 18.2 Å². The van der Waals surface area contributed by atoms with Gasteiger partial charge in [0.2, 0.25) is 0 Å². The second kappa shape index (κ2) is 6.23. The summed E-state index contributed by atoms with van der Waals surface area (Å²) in [5.74, 6) is -0.648. The molecule has 0 radical (unpaired) electrons. The van der Waals surface area contributed by atoms with Gasteiger partial charge in [-0.15, -0.1) is 0 Å². The summed E-state index contributed by atoms with van der Waals surface area (Å²) in [6.07, 6.45) is 2.90. The Kier molecular flexibility index (Phi) is 5.16. The molecule has 0 spiro atoms. The van der Waals surface area contributed by atoms with Crippen LogP contribution in [0.5, 0.6) is 0 Å². The number of carbonyl (C=O) groups is 1. The highest BCUT2D eigenvalue weighted by Gasteiger charge is 2.37. The molecule has 0 fully saturated rings. The van der Waals surface area contributed by atoms with E-state index in [4.69, 9.17) is 0 Å². The number of carboxylic acid groups (broad SMARTS) is 1. The Bertz CT molecular complexity index is 447. The van der Waals surface area contributed by atoms with Crippen molar-refractivity contribution in [2.75, 3.05) is 0 Å². The monoisotopic (exact) mass is 262 g/mol. The topological polar surface area (TPSA) is 37.3 Å². The Morgan fingerprint density at radius 3 is 2.42 bits per heavy atom. The molecular weight excluding hydrogens is 236 g/mol. The van der Waals surface area contributed by atoms with Crippen molar-refractivity contribution in [1.82, 2.24) is 0 Å². The van der Waals surface area contributed by atoms with Crippen molar-refractivity contribution in [2.24, 2.45) is 5.41 Å². The van der Waals surface area contributed by atoms with Crippen LogP contribution in [0.4, 0.5) is 0 Å². The first-order chi connectivity index (χ1) is 8.84. The van der Waals surface area contributed by atoms with Gasteiger partial charge in [-0.05, 0) is 56.2 Å². The smallest absolute Gasteiger partial charge is 0.309 e. The Balaban J connectivity index is 3.23. The number of hydrogen-bond donors (Lipinski definition) is 1. The van der Waals surface area contributed by atoms with Crippen molar-refractivity contribution in [2.45, 2.75) is 59.8 Å². The molecule has 0 bridgehead atoms. The van der Waals surface area contributed by atoms with Crippen LogP contribution in [0.1, 0.15) is 63.1 Å². The molecule has 1 aromatic rings. The second-order valence-corrected chi connectivity index (χ2v) is 5.91. The molecule has 0 aliphatic heterocycles.